The molecule has 0 saturated heterocycles. The van der Waals surface area contributed by atoms with Gasteiger partial charge in [-0.2, -0.15) is 10.5 Å². The van der Waals surface area contributed by atoms with Crippen molar-refractivity contribution in [3.63, 3.8) is 0 Å². The van der Waals surface area contributed by atoms with E-state index < -0.39 is 17.3 Å². The number of hydrogen-bond acceptors (Lipinski definition) is 4. The quantitative estimate of drug-likeness (QED) is 0.793. The molecule has 6 nitrogen and oxygen atoms in total. The first-order valence-corrected chi connectivity index (χ1v) is 6.26. The molecule has 0 bridgehead atoms. The van der Waals surface area contributed by atoms with Gasteiger partial charge in [-0.3, -0.25) is 9.59 Å². The number of hydrogen-bond donors (Lipinski definition) is 1. The van der Waals surface area contributed by atoms with E-state index in [-0.39, 0.29) is 19.5 Å². The summed E-state index contributed by atoms with van der Waals surface area (Å²) >= 11 is 0. The number of amides is 1. The number of carboxylic acid groups (broad SMARTS) is 1. The Morgan fingerprint density at radius 2 is 1.71 bits per heavy atom. The van der Waals surface area contributed by atoms with E-state index in [1.54, 1.807) is 42.5 Å². The van der Waals surface area contributed by atoms with Crippen molar-refractivity contribution in [2.24, 2.45) is 0 Å². The highest BCUT2D eigenvalue weighted by Gasteiger charge is 2.38. The second-order valence-electron chi connectivity index (χ2n) is 4.75. The molecule has 0 aliphatic heterocycles. The van der Waals surface area contributed by atoms with Gasteiger partial charge in [-0.15, -0.1) is 0 Å². The van der Waals surface area contributed by atoms with E-state index in [0.29, 0.717) is 5.56 Å². The second kappa shape index (κ2) is 7.06. The Hall–Kier alpha value is -2.86. The van der Waals surface area contributed by atoms with Gasteiger partial charge in [-0.25, -0.2) is 0 Å². The summed E-state index contributed by atoms with van der Waals surface area (Å²) in [5.74, 6) is -1.66. The molecule has 1 aromatic carbocycles. The predicted octanol–water partition coefficient (Wildman–Crippen LogP) is 1.29. The summed E-state index contributed by atoms with van der Waals surface area (Å²) in [7, 11) is 0. The molecule has 21 heavy (non-hydrogen) atoms. The summed E-state index contributed by atoms with van der Waals surface area (Å²) in [5, 5.41) is 26.8. The Morgan fingerprint density at radius 1 is 1.19 bits per heavy atom. The molecule has 108 valence electrons. The van der Waals surface area contributed by atoms with Crippen LogP contribution in [0.2, 0.25) is 0 Å². The zero-order valence-corrected chi connectivity index (χ0v) is 11.6. The summed E-state index contributed by atoms with van der Waals surface area (Å²) in [6, 6.07) is 12.0. The number of carbonyl (C=O) groups is 2. The SMILES string of the molecule is CC(CC(=O)N(CC#N)CC#N)(C(=O)O)c1ccccc1. The highest BCUT2D eigenvalue weighted by Crippen LogP contribution is 2.28. The van der Waals surface area contributed by atoms with Crippen molar-refractivity contribution in [1.29, 1.82) is 10.5 Å². The molecule has 1 aromatic rings. The molecule has 1 rings (SSSR count). The van der Waals surface area contributed by atoms with Gasteiger partial charge in [-0.1, -0.05) is 30.3 Å². The minimum atomic E-state index is -1.40. The zero-order chi connectivity index (χ0) is 15.9. The largest absolute Gasteiger partial charge is 0.481 e. The second-order valence-corrected chi connectivity index (χ2v) is 4.75. The lowest BCUT2D eigenvalue weighted by molar-refractivity contribution is -0.147. The van der Waals surface area contributed by atoms with Crippen molar-refractivity contribution in [3.8, 4) is 12.1 Å². The topological polar surface area (TPSA) is 105 Å². The fraction of sp³-hybridized carbons (Fsp3) is 0.333. The summed E-state index contributed by atoms with van der Waals surface area (Å²) < 4.78 is 0. The van der Waals surface area contributed by atoms with Gasteiger partial charge in [0, 0.05) is 6.42 Å². The van der Waals surface area contributed by atoms with Crippen molar-refractivity contribution in [3.05, 3.63) is 35.9 Å². The van der Waals surface area contributed by atoms with Crippen LogP contribution in [0.1, 0.15) is 18.9 Å². The zero-order valence-electron chi connectivity index (χ0n) is 11.6. The van der Waals surface area contributed by atoms with E-state index >= 15 is 0 Å². The van der Waals surface area contributed by atoms with Crippen molar-refractivity contribution in [2.75, 3.05) is 13.1 Å². The smallest absolute Gasteiger partial charge is 0.314 e. The molecule has 0 aliphatic rings. The van der Waals surface area contributed by atoms with Gasteiger partial charge in [0.25, 0.3) is 0 Å². The van der Waals surface area contributed by atoms with Crippen LogP contribution in [0, 0.1) is 22.7 Å². The lowest BCUT2D eigenvalue weighted by Crippen LogP contribution is -2.41. The van der Waals surface area contributed by atoms with Crippen LogP contribution in [0.5, 0.6) is 0 Å². The van der Waals surface area contributed by atoms with Crippen LogP contribution < -0.4 is 0 Å². The normalized spacial score (nSPS) is 12.5. The van der Waals surface area contributed by atoms with Crippen molar-refractivity contribution < 1.29 is 14.7 Å². The number of carbonyl (C=O) groups excluding carboxylic acids is 1. The van der Waals surface area contributed by atoms with Crippen LogP contribution in [0.15, 0.2) is 30.3 Å². The molecule has 0 spiro atoms. The third-order valence-corrected chi connectivity index (χ3v) is 3.26. The number of aliphatic carboxylic acids is 1. The number of benzene rings is 1. The van der Waals surface area contributed by atoms with Gasteiger partial charge in [-0.05, 0) is 12.5 Å². The van der Waals surface area contributed by atoms with E-state index in [0.717, 1.165) is 4.90 Å². The van der Waals surface area contributed by atoms with E-state index in [1.165, 1.54) is 6.92 Å². The summed E-state index contributed by atoms with van der Waals surface area (Å²) in [6.45, 7) is 0.979. The predicted molar refractivity (Wildman–Crippen MR) is 73.9 cm³/mol. The fourth-order valence-corrected chi connectivity index (χ4v) is 1.92. The monoisotopic (exact) mass is 285 g/mol. The molecule has 0 aromatic heterocycles. The molecule has 1 amide bonds. The Labute approximate surface area is 122 Å². The highest BCUT2D eigenvalue weighted by molar-refractivity contribution is 5.89. The number of carboxylic acids is 1. The minimum absolute atomic E-state index is 0.239. The summed E-state index contributed by atoms with van der Waals surface area (Å²) in [5.41, 5.74) is -0.902. The molecule has 1 N–H and O–H groups in total. The van der Waals surface area contributed by atoms with Crippen LogP contribution in [0.4, 0.5) is 0 Å². The van der Waals surface area contributed by atoms with Crippen LogP contribution >= 0.6 is 0 Å². The molecule has 1 unspecified atom stereocenters. The van der Waals surface area contributed by atoms with E-state index in [1.807, 2.05) is 0 Å². The number of rotatable bonds is 6. The summed E-state index contributed by atoms with van der Waals surface area (Å²) in [4.78, 5) is 24.8. The Balaban J connectivity index is 3.04. The first-order valence-electron chi connectivity index (χ1n) is 6.26. The summed E-state index contributed by atoms with van der Waals surface area (Å²) in [6.07, 6.45) is -0.310. The molecule has 0 radical (unpaired) electrons. The van der Waals surface area contributed by atoms with Gasteiger partial charge >= 0.3 is 5.97 Å². The Morgan fingerprint density at radius 3 is 2.14 bits per heavy atom. The van der Waals surface area contributed by atoms with Crippen molar-refractivity contribution >= 4 is 11.9 Å². The first kappa shape index (κ1) is 16.2. The van der Waals surface area contributed by atoms with Gasteiger partial charge in [0.05, 0.1) is 17.6 Å². The minimum Gasteiger partial charge on any atom is -0.481 e. The molecule has 0 aliphatic carbocycles. The lowest BCUT2D eigenvalue weighted by Gasteiger charge is -2.27. The third-order valence-electron chi connectivity index (χ3n) is 3.26. The van der Waals surface area contributed by atoms with Crippen molar-refractivity contribution in [1.82, 2.24) is 4.90 Å². The van der Waals surface area contributed by atoms with Crippen LogP contribution in [-0.4, -0.2) is 35.0 Å². The van der Waals surface area contributed by atoms with Gasteiger partial charge < -0.3 is 10.0 Å². The highest BCUT2D eigenvalue weighted by atomic mass is 16.4. The van der Waals surface area contributed by atoms with Crippen LogP contribution in [0.3, 0.4) is 0 Å². The van der Waals surface area contributed by atoms with E-state index in [4.69, 9.17) is 10.5 Å². The fourth-order valence-electron chi connectivity index (χ4n) is 1.92. The maximum atomic E-state index is 12.2. The molecule has 0 heterocycles. The third kappa shape index (κ3) is 3.80. The molecule has 1 atom stereocenters. The Kier molecular flexibility index (Phi) is 5.45. The molecular formula is C15H15N3O3. The maximum absolute atomic E-state index is 12.2. The van der Waals surface area contributed by atoms with Crippen LogP contribution in [0.25, 0.3) is 0 Å². The standard InChI is InChI=1S/C15H15N3O3/c1-15(14(20)21,12-5-3-2-4-6-12)11-13(19)18(9-7-16)10-8-17/h2-6H,9-11H2,1H3,(H,20,21). The van der Waals surface area contributed by atoms with Gasteiger partial charge in [0.15, 0.2) is 0 Å². The number of nitrogens with zero attached hydrogens (tertiary/aromatic N) is 3. The van der Waals surface area contributed by atoms with E-state index in [2.05, 4.69) is 0 Å². The molecule has 0 saturated carbocycles. The number of nitriles is 2. The first-order chi connectivity index (χ1) is 9.95. The van der Waals surface area contributed by atoms with Gasteiger partial charge in [0.1, 0.15) is 13.1 Å². The van der Waals surface area contributed by atoms with E-state index in [9.17, 15) is 14.7 Å². The van der Waals surface area contributed by atoms with Crippen molar-refractivity contribution in [2.45, 2.75) is 18.8 Å². The van der Waals surface area contributed by atoms with Gasteiger partial charge in [0.2, 0.25) is 5.91 Å². The average Bonchev–Trinajstić information content (AvgIpc) is 2.47. The maximum Gasteiger partial charge on any atom is 0.314 e. The molecule has 0 fully saturated rings. The average molecular weight is 285 g/mol. The van der Waals surface area contributed by atoms with Crippen LogP contribution in [-0.2, 0) is 15.0 Å². The molecule has 6 heteroatoms. The Bertz CT molecular complexity index is 585. The molecular weight excluding hydrogens is 270 g/mol. The lowest BCUT2D eigenvalue weighted by atomic mass is 9.79.